The summed E-state index contributed by atoms with van der Waals surface area (Å²) in [4.78, 5) is 24.7. The summed E-state index contributed by atoms with van der Waals surface area (Å²) < 4.78 is 5.27. The molecule has 132 valence electrons. The lowest BCUT2D eigenvalue weighted by molar-refractivity contribution is -0.130. The van der Waals surface area contributed by atoms with E-state index in [2.05, 4.69) is 11.4 Å². The van der Waals surface area contributed by atoms with Crippen molar-refractivity contribution in [1.82, 2.24) is 5.32 Å². The smallest absolute Gasteiger partial charge is 0.338 e. The Morgan fingerprint density at radius 1 is 1.23 bits per heavy atom. The number of ether oxygens (including phenoxy) is 1. The summed E-state index contributed by atoms with van der Waals surface area (Å²) in [6.45, 7) is 1.55. The van der Waals surface area contributed by atoms with Crippen LogP contribution < -0.4 is 5.32 Å². The van der Waals surface area contributed by atoms with E-state index in [0.29, 0.717) is 5.56 Å². The number of hydrogen-bond donors (Lipinski definition) is 1. The summed E-state index contributed by atoms with van der Waals surface area (Å²) in [7, 11) is 0. The van der Waals surface area contributed by atoms with E-state index >= 15 is 0 Å². The molecule has 1 aliphatic carbocycles. The average molecular weight is 348 g/mol. The van der Waals surface area contributed by atoms with Crippen molar-refractivity contribution in [2.75, 3.05) is 0 Å². The van der Waals surface area contributed by atoms with Crippen molar-refractivity contribution < 1.29 is 14.3 Å². The number of carbonyl (C=O) groups is 2. The first-order valence-corrected chi connectivity index (χ1v) is 8.68. The van der Waals surface area contributed by atoms with Crippen LogP contribution >= 0.6 is 0 Å². The number of fused-ring (bicyclic) bond motifs is 1. The van der Waals surface area contributed by atoms with E-state index in [9.17, 15) is 9.59 Å². The normalized spacial score (nSPS) is 16.7. The van der Waals surface area contributed by atoms with Crippen LogP contribution in [0, 0.1) is 11.3 Å². The summed E-state index contributed by atoms with van der Waals surface area (Å²) in [5.74, 6) is -0.940. The molecule has 3 rings (SSSR count). The second-order valence-corrected chi connectivity index (χ2v) is 6.39. The van der Waals surface area contributed by atoms with Crippen LogP contribution in [-0.2, 0) is 16.0 Å². The second-order valence-electron chi connectivity index (χ2n) is 6.39. The van der Waals surface area contributed by atoms with Crippen LogP contribution in [0.5, 0.6) is 0 Å². The molecular weight excluding hydrogens is 328 g/mol. The van der Waals surface area contributed by atoms with Crippen LogP contribution in [0.25, 0.3) is 0 Å². The largest absolute Gasteiger partial charge is 0.449 e. The first-order chi connectivity index (χ1) is 12.6. The second kappa shape index (κ2) is 7.83. The predicted octanol–water partition coefficient (Wildman–Crippen LogP) is 3.30. The molecule has 0 radical (unpaired) electrons. The van der Waals surface area contributed by atoms with E-state index < -0.39 is 12.1 Å². The molecule has 0 saturated heterocycles. The van der Waals surface area contributed by atoms with Crippen molar-refractivity contribution in [3.05, 3.63) is 70.8 Å². The summed E-state index contributed by atoms with van der Waals surface area (Å²) in [6.07, 6.45) is 1.98. The van der Waals surface area contributed by atoms with Crippen LogP contribution in [0.15, 0.2) is 48.5 Å². The molecule has 2 atom stereocenters. The molecule has 0 spiro atoms. The summed E-state index contributed by atoms with van der Waals surface area (Å²) >= 11 is 0. The first-order valence-electron chi connectivity index (χ1n) is 8.68. The van der Waals surface area contributed by atoms with Gasteiger partial charge in [-0.3, -0.25) is 4.79 Å². The minimum atomic E-state index is -0.915. The number of nitrogens with one attached hydrogen (secondary N) is 1. The number of nitrogens with zero attached hydrogens (tertiary/aromatic N) is 1. The molecule has 0 aromatic heterocycles. The number of esters is 1. The van der Waals surface area contributed by atoms with E-state index in [4.69, 9.17) is 10.00 Å². The Bertz CT molecular complexity index is 870. The average Bonchev–Trinajstić information content (AvgIpc) is 2.68. The molecule has 0 saturated carbocycles. The third-order valence-electron chi connectivity index (χ3n) is 4.57. The summed E-state index contributed by atoms with van der Waals surface area (Å²) in [6, 6.07) is 16.2. The van der Waals surface area contributed by atoms with Crippen molar-refractivity contribution in [2.45, 2.75) is 38.3 Å². The Balaban J connectivity index is 1.63. The highest BCUT2D eigenvalue weighted by Crippen LogP contribution is 2.29. The third-order valence-corrected chi connectivity index (χ3v) is 4.57. The van der Waals surface area contributed by atoms with Gasteiger partial charge in [-0.2, -0.15) is 5.26 Å². The van der Waals surface area contributed by atoms with Gasteiger partial charge in [0.25, 0.3) is 5.91 Å². The summed E-state index contributed by atoms with van der Waals surface area (Å²) in [5.41, 5.74) is 3.01. The lowest BCUT2D eigenvalue weighted by atomic mass is 9.87. The van der Waals surface area contributed by atoms with Gasteiger partial charge in [0.1, 0.15) is 0 Å². The Morgan fingerprint density at radius 2 is 2.04 bits per heavy atom. The van der Waals surface area contributed by atoms with Gasteiger partial charge in [0.2, 0.25) is 0 Å². The predicted molar refractivity (Wildman–Crippen MR) is 96.3 cm³/mol. The van der Waals surface area contributed by atoms with Crippen LogP contribution in [0.2, 0.25) is 0 Å². The molecule has 5 heteroatoms. The van der Waals surface area contributed by atoms with Gasteiger partial charge >= 0.3 is 5.97 Å². The standard InChI is InChI=1S/C21H20N2O3/c1-14(26-21(25)17-9-4-6-15(12-17)13-22)20(24)23-19-11-5-8-16-7-2-3-10-18(16)19/h2-4,6-7,9-10,12,14,19H,5,8,11H2,1H3,(H,23,24)/t14-,19-/m1/s1. The topological polar surface area (TPSA) is 79.2 Å². The van der Waals surface area contributed by atoms with Crippen molar-refractivity contribution in [2.24, 2.45) is 0 Å². The Labute approximate surface area is 152 Å². The quantitative estimate of drug-likeness (QED) is 0.860. The lowest BCUT2D eigenvalue weighted by Gasteiger charge is -2.27. The van der Waals surface area contributed by atoms with E-state index in [1.807, 2.05) is 24.3 Å². The van der Waals surface area contributed by atoms with Crippen molar-refractivity contribution in [1.29, 1.82) is 5.26 Å². The minimum absolute atomic E-state index is 0.0597. The van der Waals surface area contributed by atoms with Crippen LogP contribution in [-0.4, -0.2) is 18.0 Å². The SMILES string of the molecule is C[C@@H](OC(=O)c1cccc(C#N)c1)C(=O)N[C@@H]1CCCc2ccccc21. The first kappa shape index (κ1) is 17.7. The molecular formula is C21H20N2O3. The minimum Gasteiger partial charge on any atom is -0.449 e. The van der Waals surface area contributed by atoms with E-state index in [0.717, 1.165) is 24.8 Å². The number of rotatable bonds is 4. The van der Waals surface area contributed by atoms with Gasteiger partial charge in [-0.05, 0) is 55.5 Å². The van der Waals surface area contributed by atoms with Gasteiger partial charge in [-0.1, -0.05) is 30.3 Å². The monoisotopic (exact) mass is 348 g/mol. The highest BCUT2D eigenvalue weighted by molar-refractivity contribution is 5.92. The molecule has 0 bridgehead atoms. The number of carbonyl (C=O) groups excluding carboxylic acids is 2. The third kappa shape index (κ3) is 3.92. The molecule has 0 heterocycles. The number of nitriles is 1. The van der Waals surface area contributed by atoms with Gasteiger partial charge in [-0.15, -0.1) is 0 Å². The molecule has 26 heavy (non-hydrogen) atoms. The van der Waals surface area contributed by atoms with Crippen molar-refractivity contribution in [3.63, 3.8) is 0 Å². The molecule has 1 aliphatic rings. The Hall–Kier alpha value is -3.13. The fourth-order valence-corrected chi connectivity index (χ4v) is 3.19. The van der Waals surface area contributed by atoms with Crippen LogP contribution in [0.4, 0.5) is 0 Å². The van der Waals surface area contributed by atoms with Gasteiger partial charge < -0.3 is 10.1 Å². The maximum absolute atomic E-state index is 12.5. The zero-order valence-electron chi connectivity index (χ0n) is 14.6. The van der Waals surface area contributed by atoms with E-state index in [1.165, 1.54) is 11.6 Å². The molecule has 0 fully saturated rings. The molecule has 2 aromatic carbocycles. The number of benzene rings is 2. The van der Waals surface area contributed by atoms with Crippen molar-refractivity contribution >= 4 is 11.9 Å². The van der Waals surface area contributed by atoms with Gasteiger partial charge in [0, 0.05) is 0 Å². The van der Waals surface area contributed by atoms with E-state index in [1.54, 1.807) is 25.1 Å². The number of amides is 1. The molecule has 1 amide bonds. The Kier molecular flexibility index (Phi) is 5.33. The van der Waals surface area contributed by atoms with E-state index in [-0.39, 0.29) is 17.5 Å². The van der Waals surface area contributed by atoms with Gasteiger partial charge in [0.05, 0.1) is 23.2 Å². The summed E-state index contributed by atoms with van der Waals surface area (Å²) in [5, 5.41) is 11.9. The van der Waals surface area contributed by atoms with Crippen molar-refractivity contribution in [3.8, 4) is 6.07 Å². The van der Waals surface area contributed by atoms with Gasteiger partial charge in [-0.25, -0.2) is 4.79 Å². The Morgan fingerprint density at radius 3 is 2.85 bits per heavy atom. The molecule has 0 aliphatic heterocycles. The fourth-order valence-electron chi connectivity index (χ4n) is 3.19. The lowest BCUT2D eigenvalue weighted by Crippen LogP contribution is -2.39. The zero-order valence-corrected chi connectivity index (χ0v) is 14.6. The van der Waals surface area contributed by atoms with Crippen LogP contribution in [0.3, 0.4) is 0 Å². The molecule has 2 aromatic rings. The number of hydrogen-bond acceptors (Lipinski definition) is 4. The maximum atomic E-state index is 12.5. The molecule has 1 N–H and O–H groups in total. The fraction of sp³-hybridized carbons (Fsp3) is 0.286. The van der Waals surface area contributed by atoms with Crippen LogP contribution in [0.1, 0.15) is 52.9 Å². The maximum Gasteiger partial charge on any atom is 0.338 e. The molecule has 0 unspecified atom stereocenters. The molecule has 5 nitrogen and oxygen atoms in total. The highest BCUT2D eigenvalue weighted by atomic mass is 16.5. The highest BCUT2D eigenvalue weighted by Gasteiger charge is 2.25. The number of aryl methyl sites for hydroxylation is 1. The van der Waals surface area contributed by atoms with Gasteiger partial charge in [0.15, 0.2) is 6.10 Å². The zero-order chi connectivity index (χ0) is 18.5.